The molecule has 3 aromatic rings. The van der Waals surface area contributed by atoms with Gasteiger partial charge in [0.1, 0.15) is 35.0 Å². The first-order chi connectivity index (χ1) is 15.2. The van der Waals surface area contributed by atoms with Gasteiger partial charge in [0, 0.05) is 17.7 Å². The maximum absolute atomic E-state index is 12.5. The molecule has 0 aliphatic carbocycles. The van der Waals surface area contributed by atoms with Gasteiger partial charge in [-0.3, -0.25) is 4.79 Å². The molecule has 2 aromatic carbocycles. The van der Waals surface area contributed by atoms with Crippen LogP contribution < -0.4 is 10.2 Å². The minimum absolute atomic E-state index is 0. The summed E-state index contributed by atoms with van der Waals surface area (Å²) in [6, 6.07) is 10.8. The third-order valence-corrected chi connectivity index (χ3v) is 5.05. The number of rotatable bonds is 4. The minimum Gasteiger partial charge on any atom is -0.504 e. The van der Waals surface area contributed by atoms with Gasteiger partial charge in [-0.25, -0.2) is 4.79 Å². The van der Waals surface area contributed by atoms with Gasteiger partial charge in [0.05, 0.1) is 0 Å². The van der Waals surface area contributed by atoms with E-state index in [1.54, 1.807) is 30.3 Å². The van der Waals surface area contributed by atoms with Crippen LogP contribution >= 0.6 is 0 Å². The third kappa shape index (κ3) is 4.43. The van der Waals surface area contributed by atoms with Gasteiger partial charge in [-0.2, -0.15) is 0 Å². The Morgan fingerprint density at radius 3 is 2.24 bits per heavy atom. The van der Waals surface area contributed by atoms with E-state index in [0.717, 1.165) is 12.1 Å². The Labute approximate surface area is 197 Å². The summed E-state index contributed by atoms with van der Waals surface area (Å²) in [5, 5.41) is 59.2. The molecule has 0 unspecified atom stereocenters. The van der Waals surface area contributed by atoms with Gasteiger partial charge in [0.15, 0.2) is 23.0 Å². The Hall–Kier alpha value is -3.02. The Bertz CT molecular complexity index is 1230. The van der Waals surface area contributed by atoms with Crippen molar-refractivity contribution in [2.24, 2.45) is 0 Å². The Kier molecular flexibility index (Phi) is 7.06. The summed E-state index contributed by atoms with van der Waals surface area (Å²) in [6.45, 7) is 0. The van der Waals surface area contributed by atoms with E-state index in [-0.39, 0.29) is 36.2 Å². The van der Waals surface area contributed by atoms with Gasteiger partial charge >= 0.3 is 25.4 Å². The maximum atomic E-state index is 12.5. The van der Waals surface area contributed by atoms with Crippen LogP contribution in [0.4, 0.5) is 0 Å². The predicted molar refractivity (Wildman–Crippen MR) is 106 cm³/mol. The Balaban J connectivity index is 0.00000306. The maximum Gasteiger partial charge on any atom is 2.00 e. The van der Waals surface area contributed by atoms with Crippen molar-refractivity contribution in [1.82, 2.24) is 0 Å². The first kappa shape index (κ1) is 24.6. The van der Waals surface area contributed by atoms with E-state index < -0.39 is 59.4 Å². The second-order valence-corrected chi connectivity index (χ2v) is 7.14. The number of aliphatic hydroxyl groups is 3. The second-order valence-electron chi connectivity index (χ2n) is 7.14. The average molecular weight is 512 g/mol. The molecule has 11 nitrogen and oxygen atoms in total. The van der Waals surface area contributed by atoms with Crippen molar-refractivity contribution in [3.05, 3.63) is 52.7 Å². The summed E-state index contributed by atoms with van der Waals surface area (Å²) >= 11 is 0. The number of phenolic OH excluding ortho intramolecular Hbond substituents is 2. The number of hydrogen-bond donors (Lipinski definition) is 6. The molecule has 1 aliphatic heterocycles. The van der Waals surface area contributed by atoms with Crippen LogP contribution in [0.15, 0.2) is 51.7 Å². The molecule has 0 amide bonds. The van der Waals surface area contributed by atoms with E-state index in [1.807, 2.05) is 0 Å². The van der Waals surface area contributed by atoms with Gasteiger partial charge in [-0.05, 0) is 0 Å². The van der Waals surface area contributed by atoms with Gasteiger partial charge in [0.25, 0.3) is 0 Å². The van der Waals surface area contributed by atoms with E-state index in [0.29, 0.717) is 5.56 Å². The van der Waals surface area contributed by atoms with Gasteiger partial charge in [0.2, 0.25) is 12.0 Å². The van der Waals surface area contributed by atoms with Crippen molar-refractivity contribution in [1.29, 1.82) is 0 Å². The zero-order valence-corrected chi connectivity index (χ0v) is 19.8. The SMILES string of the molecule is O=C(O)[C@H]1O[C@@H](Oc2cc3oc(-c4ccccc4)cc(=O)c3c(O)c2O)[C@H](O)[C@@H](O)[C@@H]1O.[Zn+2]. The van der Waals surface area contributed by atoms with E-state index >= 15 is 0 Å². The molecule has 1 aliphatic rings. The molecule has 12 heteroatoms. The molecule has 2 heterocycles. The minimum atomic E-state index is -1.94. The van der Waals surface area contributed by atoms with Gasteiger partial charge < -0.3 is 44.5 Å². The fourth-order valence-electron chi connectivity index (χ4n) is 3.38. The zero-order chi connectivity index (χ0) is 23.2. The van der Waals surface area contributed by atoms with Crippen LogP contribution in [0.25, 0.3) is 22.3 Å². The monoisotopic (exact) mass is 510 g/mol. The smallest absolute Gasteiger partial charge is 0.504 e. The molecular weight excluding hydrogens is 494 g/mol. The van der Waals surface area contributed by atoms with Gasteiger partial charge in [-0.15, -0.1) is 0 Å². The number of aromatic hydroxyl groups is 2. The van der Waals surface area contributed by atoms with Crippen LogP contribution in [-0.4, -0.2) is 67.3 Å². The predicted octanol–water partition coefficient (Wildman–Crippen LogP) is 0.140. The number of hydrogen-bond acceptors (Lipinski definition) is 10. The molecule has 6 N–H and O–H groups in total. The average Bonchev–Trinajstić information content (AvgIpc) is 2.77. The number of benzene rings is 2. The third-order valence-electron chi connectivity index (χ3n) is 5.05. The summed E-state index contributed by atoms with van der Waals surface area (Å²) in [4.78, 5) is 23.8. The second kappa shape index (κ2) is 9.46. The van der Waals surface area contributed by atoms with Crippen LogP contribution in [0.5, 0.6) is 17.2 Å². The molecule has 33 heavy (non-hydrogen) atoms. The topological polar surface area (TPSA) is 187 Å². The van der Waals surface area contributed by atoms with Crippen molar-refractivity contribution in [2.45, 2.75) is 30.7 Å². The van der Waals surface area contributed by atoms with Gasteiger partial charge in [-0.1, -0.05) is 30.3 Å². The first-order valence-corrected chi connectivity index (χ1v) is 9.36. The van der Waals surface area contributed by atoms with Crippen molar-refractivity contribution in [2.75, 3.05) is 0 Å². The van der Waals surface area contributed by atoms with Crippen LogP contribution in [0.2, 0.25) is 0 Å². The number of phenols is 2. The molecule has 0 radical (unpaired) electrons. The largest absolute Gasteiger partial charge is 2.00 e. The molecular formula is C21H18O11Zn+2. The fraction of sp³-hybridized carbons (Fsp3) is 0.238. The quantitative estimate of drug-likeness (QED) is 0.206. The first-order valence-electron chi connectivity index (χ1n) is 9.36. The molecule has 5 atom stereocenters. The summed E-state index contributed by atoms with van der Waals surface area (Å²) in [7, 11) is 0. The summed E-state index contributed by atoms with van der Waals surface area (Å²) in [5.41, 5.74) is -0.265. The van der Waals surface area contributed by atoms with Crippen LogP contribution in [0.3, 0.4) is 0 Å². The molecule has 0 bridgehead atoms. The van der Waals surface area contributed by atoms with Crippen molar-refractivity contribution in [3.63, 3.8) is 0 Å². The summed E-state index contributed by atoms with van der Waals surface area (Å²) in [6.07, 6.45) is -9.56. The van der Waals surface area contributed by atoms with Crippen LogP contribution in [-0.2, 0) is 29.0 Å². The molecule has 0 spiro atoms. The van der Waals surface area contributed by atoms with Crippen molar-refractivity contribution in [3.8, 4) is 28.6 Å². The normalized spacial score (nSPS) is 24.8. The summed E-state index contributed by atoms with van der Waals surface area (Å²) in [5.74, 6) is -3.76. The molecule has 1 aromatic heterocycles. The Morgan fingerprint density at radius 1 is 0.939 bits per heavy atom. The Morgan fingerprint density at radius 2 is 1.61 bits per heavy atom. The molecule has 4 rings (SSSR count). The number of fused-ring (bicyclic) bond motifs is 1. The van der Waals surface area contributed by atoms with E-state index in [2.05, 4.69) is 0 Å². The zero-order valence-electron chi connectivity index (χ0n) is 16.9. The number of carboxylic acids is 1. The summed E-state index contributed by atoms with van der Waals surface area (Å²) < 4.78 is 16.0. The number of carboxylic acid groups (broad SMARTS) is 1. The van der Waals surface area contributed by atoms with E-state index in [4.69, 9.17) is 19.0 Å². The number of aliphatic carboxylic acids is 1. The van der Waals surface area contributed by atoms with Crippen LogP contribution in [0, 0.1) is 0 Å². The number of aliphatic hydroxyl groups excluding tert-OH is 3. The number of carbonyl (C=O) groups is 1. The number of ether oxygens (including phenoxy) is 2. The van der Waals surface area contributed by atoms with E-state index in [9.17, 15) is 35.1 Å². The molecule has 0 saturated carbocycles. The van der Waals surface area contributed by atoms with Crippen molar-refractivity contribution < 1.29 is 68.8 Å². The fourth-order valence-corrected chi connectivity index (χ4v) is 3.38. The van der Waals surface area contributed by atoms with E-state index in [1.165, 1.54) is 0 Å². The van der Waals surface area contributed by atoms with Crippen LogP contribution in [0.1, 0.15) is 0 Å². The van der Waals surface area contributed by atoms with Crippen molar-refractivity contribution >= 4 is 16.9 Å². The molecule has 168 valence electrons. The molecule has 1 saturated heterocycles. The molecule has 1 fully saturated rings. The standard InChI is InChI=1S/C21H18O11.Zn/c22-9-6-10(8-4-2-1-3-5-8)30-11-7-12(14(23)15(24)13(9)11)31-21-18(27)16(25)17(26)19(32-21)20(28)29;/h1-7,16-19,21,23-27H,(H,28,29);/q;+2/t16-,17-,18+,19-,21+;/m0./s1.